The fraction of sp³-hybridized carbons (Fsp3) is 0.923. The Hall–Kier alpha value is -0.650. The average Bonchev–Trinajstić information content (AvgIpc) is 2.64. The SMILES string of the molecule is CCN1CC2(C1)CN(C(C)=O)C[C@@H]1C[C@@H](O)CN12. The third-order valence-electron chi connectivity index (χ3n) is 4.85. The second-order valence-electron chi connectivity index (χ2n) is 6.12. The van der Waals surface area contributed by atoms with Crippen LogP contribution in [0.3, 0.4) is 0 Å². The van der Waals surface area contributed by atoms with Gasteiger partial charge < -0.3 is 10.0 Å². The molecule has 0 aliphatic carbocycles. The Balaban J connectivity index is 1.80. The van der Waals surface area contributed by atoms with Gasteiger partial charge >= 0.3 is 0 Å². The molecule has 3 saturated heterocycles. The molecule has 5 heteroatoms. The van der Waals surface area contributed by atoms with Crippen molar-refractivity contribution in [2.24, 2.45) is 0 Å². The summed E-state index contributed by atoms with van der Waals surface area (Å²) in [5, 5.41) is 9.90. The summed E-state index contributed by atoms with van der Waals surface area (Å²) in [5.74, 6) is 0.172. The van der Waals surface area contributed by atoms with Gasteiger partial charge in [-0.05, 0) is 13.0 Å². The van der Waals surface area contributed by atoms with Gasteiger partial charge in [-0.15, -0.1) is 0 Å². The van der Waals surface area contributed by atoms with Crippen molar-refractivity contribution in [2.45, 2.75) is 38.0 Å². The molecule has 5 nitrogen and oxygen atoms in total. The Kier molecular flexibility index (Phi) is 2.88. The van der Waals surface area contributed by atoms with Gasteiger partial charge in [0, 0.05) is 45.7 Å². The lowest BCUT2D eigenvalue weighted by molar-refractivity contribution is -0.147. The molecule has 0 aromatic rings. The van der Waals surface area contributed by atoms with E-state index in [0.29, 0.717) is 6.04 Å². The van der Waals surface area contributed by atoms with Crippen LogP contribution >= 0.6 is 0 Å². The van der Waals surface area contributed by atoms with Gasteiger partial charge in [-0.3, -0.25) is 14.6 Å². The summed E-state index contributed by atoms with van der Waals surface area (Å²) in [6, 6.07) is 0.358. The molecule has 0 unspecified atom stereocenters. The Morgan fingerprint density at radius 1 is 1.33 bits per heavy atom. The molecule has 3 aliphatic heterocycles. The number of β-amino-alcohol motifs (C(OH)–C–C–N with tert-alkyl or cyclic N) is 1. The highest BCUT2D eigenvalue weighted by Gasteiger charge is 2.55. The molecular formula is C13H23N3O2. The molecule has 1 N–H and O–H groups in total. The molecule has 0 aromatic heterocycles. The first-order valence-corrected chi connectivity index (χ1v) is 6.97. The zero-order valence-corrected chi connectivity index (χ0v) is 11.3. The number of rotatable bonds is 1. The van der Waals surface area contributed by atoms with E-state index in [2.05, 4.69) is 16.7 Å². The summed E-state index contributed by atoms with van der Waals surface area (Å²) >= 11 is 0. The lowest BCUT2D eigenvalue weighted by Crippen LogP contribution is -2.78. The first-order chi connectivity index (χ1) is 8.54. The molecule has 3 fully saturated rings. The number of amides is 1. The van der Waals surface area contributed by atoms with E-state index in [9.17, 15) is 9.90 Å². The highest BCUT2D eigenvalue weighted by atomic mass is 16.3. The van der Waals surface area contributed by atoms with E-state index < -0.39 is 0 Å². The standard InChI is InChI=1S/C13H23N3O2/c1-3-14-7-13(8-14)9-15(10(2)17)5-11-4-12(18)6-16(11)13/h11-12,18H,3-9H2,1-2H3/t11-,12+/m0/s1. The predicted molar refractivity (Wildman–Crippen MR) is 68.2 cm³/mol. The molecule has 3 heterocycles. The van der Waals surface area contributed by atoms with Crippen LogP contribution in [0, 0.1) is 0 Å². The smallest absolute Gasteiger partial charge is 0.219 e. The summed E-state index contributed by atoms with van der Waals surface area (Å²) in [5.41, 5.74) is 0.113. The molecule has 1 amide bonds. The van der Waals surface area contributed by atoms with Crippen LogP contribution in [0.4, 0.5) is 0 Å². The second kappa shape index (κ2) is 4.18. The van der Waals surface area contributed by atoms with E-state index in [1.54, 1.807) is 6.92 Å². The van der Waals surface area contributed by atoms with Crippen LogP contribution in [0.25, 0.3) is 0 Å². The number of nitrogens with zero attached hydrogens (tertiary/aromatic N) is 3. The van der Waals surface area contributed by atoms with E-state index in [1.165, 1.54) is 0 Å². The van der Waals surface area contributed by atoms with Gasteiger partial charge in [0.1, 0.15) is 0 Å². The zero-order valence-electron chi connectivity index (χ0n) is 11.3. The van der Waals surface area contributed by atoms with Crippen molar-refractivity contribution in [3.05, 3.63) is 0 Å². The van der Waals surface area contributed by atoms with E-state index in [0.717, 1.165) is 45.7 Å². The minimum atomic E-state index is -0.213. The van der Waals surface area contributed by atoms with Crippen molar-refractivity contribution < 1.29 is 9.90 Å². The summed E-state index contributed by atoms with van der Waals surface area (Å²) in [6.07, 6.45) is 0.604. The Labute approximate surface area is 108 Å². The van der Waals surface area contributed by atoms with Crippen LogP contribution in [0.1, 0.15) is 20.3 Å². The molecule has 0 aromatic carbocycles. The van der Waals surface area contributed by atoms with Crippen LogP contribution in [0.2, 0.25) is 0 Å². The molecule has 1 spiro atoms. The lowest BCUT2D eigenvalue weighted by Gasteiger charge is -2.60. The monoisotopic (exact) mass is 253 g/mol. The van der Waals surface area contributed by atoms with Crippen molar-refractivity contribution in [1.29, 1.82) is 0 Å². The summed E-state index contributed by atoms with van der Waals surface area (Å²) in [7, 11) is 0. The van der Waals surface area contributed by atoms with E-state index in [4.69, 9.17) is 0 Å². The van der Waals surface area contributed by atoms with Crippen LogP contribution in [-0.4, -0.2) is 82.7 Å². The molecule has 3 aliphatic rings. The van der Waals surface area contributed by atoms with Gasteiger partial charge in [-0.1, -0.05) is 6.92 Å². The number of hydrogen-bond donors (Lipinski definition) is 1. The fourth-order valence-corrected chi connectivity index (χ4v) is 3.94. The molecule has 2 atom stereocenters. The Bertz CT molecular complexity index is 354. The molecule has 3 rings (SSSR count). The van der Waals surface area contributed by atoms with Crippen LogP contribution in [0.15, 0.2) is 0 Å². The lowest BCUT2D eigenvalue weighted by atomic mass is 9.84. The molecule has 0 saturated carbocycles. The Morgan fingerprint density at radius 2 is 2.06 bits per heavy atom. The molecule has 0 bridgehead atoms. The quantitative estimate of drug-likeness (QED) is 0.675. The highest BCUT2D eigenvalue weighted by Crippen LogP contribution is 2.38. The molecule has 18 heavy (non-hydrogen) atoms. The third kappa shape index (κ3) is 1.76. The summed E-state index contributed by atoms with van der Waals surface area (Å²) in [6.45, 7) is 9.39. The van der Waals surface area contributed by atoms with Crippen molar-refractivity contribution in [2.75, 3.05) is 39.3 Å². The van der Waals surface area contributed by atoms with Gasteiger partial charge in [-0.2, -0.15) is 0 Å². The first-order valence-electron chi connectivity index (χ1n) is 6.97. The van der Waals surface area contributed by atoms with Crippen LogP contribution in [0.5, 0.6) is 0 Å². The number of likely N-dealkylation sites (tertiary alicyclic amines) is 1. The zero-order chi connectivity index (χ0) is 12.9. The number of carbonyl (C=O) groups is 1. The van der Waals surface area contributed by atoms with Gasteiger partial charge in [0.15, 0.2) is 0 Å². The van der Waals surface area contributed by atoms with Crippen molar-refractivity contribution in [1.82, 2.24) is 14.7 Å². The van der Waals surface area contributed by atoms with Crippen LogP contribution < -0.4 is 0 Å². The highest BCUT2D eigenvalue weighted by molar-refractivity contribution is 5.73. The topological polar surface area (TPSA) is 47.0 Å². The minimum Gasteiger partial charge on any atom is -0.392 e. The second-order valence-corrected chi connectivity index (χ2v) is 6.12. The van der Waals surface area contributed by atoms with Gasteiger partial charge in [0.25, 0.3) is 0 Å². The van der Waals surface area contributed by atoms with E-state index >= 15 is 0 Å². The summed E-state index contributed by atoms with van der Waals surface area (Å²) in [4.78, 5) is 18.5. The number of fused-ring (bicyclic) bond motifs is 2. The molecule has 0 radical (unpaired) electrons. The molecular weight excluding hydrogens is 230 g/mol. The maximum Gasteiger partial charge on any atom is 0.219 e. The number of likely N-dealkylation sites (N-methyl/N-ethyl adjacent to an activating group) is 1. The third-order valence-corrected chi connectivity index (χ3v) is 4.85. The number of aliphatic hydroxyl groups excluding tert-OH is 1. The fourth-order valence-electron chi connectivity index (χ4n) is 3.94. The summed E-state index contributed by atoms with van der Waals surface area (Å²) < 4.78 is 0. The Morgan fingerprint density at radius 3 is 2.67 bits per heavy atom. The van der Waals surface area contributed by atoms with Crippen molar-refractivity contribution in [3.8, 4) is 0 Å². The maximum absolute atomic E-state index is 11.7. The van der Waals surface area contributed by atoms with E-state index in [-0.39, 0.29) is 17.6 Å². The van der Waals surface area contributed by atoms with E-state index in [1.807, 2.05) is 4.90 Å². The predicted octanol–water partition coefficient (Wildman–Crippen LogP) is -0.642. The maximum atomic E-state index is 11.7. The van der Waals surface area contributed by atoms with Gasteiger partial charge in [0.05, 0.1) is 11.6 Å². The number of piperazine rings is 1. The van der Waals surface area contributed by atoms with Gasteiger partial charge in [-0.25, -0.2) is 0 Å². The first kappa shape index (κ1) is 12.4. The van der Waals surface area contributed by atoms with Crippen LogP contribution in [-0.2, 0) is 4.79 Å². The number of hydrogen-bond acceptors (Lipinski definition) is 4. The normalized spacial score (nSPS) is 35.6. The largest absolute Gasteiger partial charge is 0.392 e. The van der Waals surface area contributed by atoms with Crippen molar-refractivity contribution >= 4 is 5.91 Å². The number of carbonyl (C=O) groups excluding carboxylic acids is 1. The van der Waals surface area contributed by atoms with Crippen molar-refractivity contribution in [3.63, 3.8) is 0 Å². The van der Waals surface area contributed by atoms with Gasteiger partial charge in [0.2, 0.25) is 5.91 Å². The minimum absolute atomic E-state index is 0.113. The molecule has 102 valence electrons. The number of aliphatic hydroxyl groups is 1. The average molecular weight is 253 g/mol.